The van der Waals surface area contributed by atoms with Gasteiger partial charge in [-0.15, -0.1) is 0 Å². The lowest BCUT2D eigenvalue weighted by molar-refractivity contribution is -0.125. The van der Waals surface area contributed by atoms with Gasteiger partial charge in [0.2, 0.25) is 0 Å². The number of hydrogen-bond donors (Lipinski definition) is 0. The van der Waals surface area contributed by atoms with Gasteiger partial charge < -0.3 is 0 Å². The van der Waals surface area contributed by atoms with Crippen LogP contribution in [0.3, 0.4) is 0 Å². The molecule has 0 N–H and O–H groups in total. The van der Waals surface area contributed by atoms with Crippen LogP contribution in [-0.4, -0.2) is 5.78 Å². The van der Waals surface area contributed by atoms with E-state index in [4.69, 9.17) is 0 Å². The van der Waals surface area contributed by atoms with E-state index in [2.05, 4.69) is 34.6 Å². The normalized spacial score (nSPS) is 20.5. The fraction of sp³-hybridized carbons (Fsp3) is 0.917. The van der Waals surface area contributed by atoms with Gasteiger partial charge in [-0.3, -0.25) is 4.79 Å². The van der Waals surface area contributed by atoms with Crippen molar-refractivity contribution in [2.45, 2.75) is 54.4 Å². The summed E-state index contributed by atoms with van der Waals surface area (Å²) in [4.78, 5) is 11.4. The molecule has 1 nitrogen and oxygen atoms in total. The highest BCUT2D eigenvalue weighted by Crippen LogP contribution is 2.40. The Hall–Kier alpha value is -0.330. The zero-order valence-electron chi connectivity index (χ0n) is 9.98. The summed E-state index contributed by atoms with van der Waals surface area (Å²) in [6, 6.07) is 0. The second kappa shape index (κ2) is 4.78. The summed E-state index contributed by atoms with van der Waals surface area (Å²) in [6.07, 6.45) is 2.24. The Kier molecular flexibility index (Phi) is 4.66. The van der Waals surface area contributed by atoms with Gasteiger partial charge in [0.05, 0.1) is 0 Å². The van der Waals surface area contributed by atoms with E-state index in [-0.39, 0.29) is 11.3 Å². The second-order valence-corrected chi connectivity index (χ2v) is 4.50. The summed E-state index contributed by atoms with van der Waals surface area (Å²) < 4.78 is 0. The van der Waals surface area contributed by atoms with Crippen LogP contribution in [-0.2, 0) is 4.79 Å². The van der Waals surface area contributed by atoms with Gasteiger partial charge in [0.15, 0.2) is 0 Å². The monoisotopic (exact) mass is 184 g/mol. The van der Waals surface area contributed by atoms with Gasteiger partial charge >= 0.3 is 0 Å². The van der Waals surface area contributed by atoms with E-state index in [0.717, 1.165) is 12.8 Å². The van der Waals surface area contributed by atoms with E-state index in [1.54, 1.807) is 6.92 Å². The molecule has 0 aromatic carbocycles. The van der Waals surface area contributed by atoms with E-state index >= 15 is 0 Å². The fourth-order valence-electron chi connectivity index (χ4n) is 2.01. The molecule has 0 aliphatic rings. The first kappa shape index (κ1) is 12.7. The largest absolute Gasteiger partial charge is 0.300 e. The maximum Gasteiger partial charge on any atom is 0.133 e. The third-order valence-electron chi connectivity index (χ3n) is 4.10. The van der Waals surface area contributed by atoms with Gasteiger partial charge in [-0.05, 0) is 24.7 Å². The van der Waals surface area contributed by atoms with Gasteiger partial charge in [-0.1, -0.05) is 41.0 Å². The Morgan fingerprint density at radius 2 is 1.77 bits per heavy atom. The molecule has 13 heavy (non-hydrogen) atoms. The predicted molar refractivity (Wildman–Crippen MR) is 57.7 cm³/mol. The molecular weight excluding hydrogens is 160 g/mol. The number of rotatable bonds is 5. The van der Waals surface area contributed by atoms with E-state index in [1.165, 1.54) is 0 Å². The van der Waals surface area contributed by atoms with Crippen molar-refractivity contribution in [3.63, 3.8) is 0 Å². The molecule has 0 radical (unpaired) electrons. The van der Waals surface area contributed by atoms with Gasteiger partial charge in [-0.25, -0.2) is 0 Å². The lowest BCUT2D eigenvalue weighted by atomic mass is 9.65. The molecule has 0 spiro atoms. The van der Waals surface area contributed by atoms with E-state index < -0.39 is 0 Å². The highest BCUT2D eigenvalue weighted by atomic mass is 16.1. The minimum Gasteiger partial charge on any atom is -0.300 e. The van der Waals surface area contributed by atoms with E-state index in [1.807, 2.05) is 0 Å². The summed E-state index contributed by atoms with van der Waals surface area (Å²) in [5.41, 5.74) is 0.181. The standard InChI is InChI=1S/C12H24O/c1-7-9(3)12(6,8-2)10(4)11(5)13/h9-10H,7-8H2,1-6H3. The first-order valence-electron chi connectivity index (χ1n) is 5.40. The first-order chi connectivity index (χ1) is 5.90. The zero-order chi connectivity index (χ0) is 10.6. The number of ketones is 1. The minimum atomic E-state index is 0.181. The number of Topliss-reactive ketones (excluding diaryl/α,β-unsaturated/α-hetero) is 1. The molecule has 1 heteroatoms. The number of hydrogen-bond acceptors (Lipinski definition) is 1. The molecule has 0 saturated heterocycles. The summed E-state index contributed by atoms with van der Waals surface area (Å²) in [5.74, 6) is 1.13. The van der Waals surface area contributed by atoms with Crippen molar-refractivity contribution in [1.82, 2.24) is 0 Å². The third kappa shape index (κ3) is 2.55. The van der Waals surface area contributed by atoms with Crippen molar-refractivity contribution in [1.29, 1.82) is 0 Å². The molecule has 0 bridgehead atoms. The molecule has 0 rings (SSSR count). The van der Waals surface area contributed by atoms with Crippen molar-refractivity contribution in [2.24, 2.45) is 17.3 Å². The van der Waals surface area contributed by atoms with Gasteiger partial charge in [-0.2, -0.15) is 0 Å². The topological polar surface area (TPSA) is 17.1 Å². The van der Waals surface area contributed by atoms with Crippen LogP contribution < -0.4 is 0 Å². The number of carbonyl (C=O) groups is 1. The van der Waals surface area contributed by atoms with Crippen LogP contribution in [0.4, 0.5) is 0 Å². The highest BCUT2D eigenvalue weighted by Gasteiger charge is 2.36. The predicted octanol–water partition coefficient (Wildman–Crippen LogP) is 3.67. The second-order valence-electron chi connectivity index (χ2n) is 4.50. The molecular formula is C12H24O. The lowest BCUT2D eigenvalue weighted by Crippen LogP contribution is -2.35. The van der Waals surface area contributed by atoms with Crippen LogP contribution in [0.1, 0.15) is 54.4 Å². The van der Waals surface area contributed by atoms with E-state index in [0.29, 0.717) is 11.7 Å². The Labute approximate surface area is 82.9 Å². The van der Waals surface area contributed by atoms with Crippen LogP contribution in [0.2, 0.25) is 0 Å². The average Bonchev–Trinajstić information content (AvgIpc) is 2.13. The highest BCUT2D eigenvalue weighted by molar-refractivity contribution is 5.78. The molecule has 0 aliphatic carbocycles. The van der Waals surface area contributed by atoms with Crippen molar-refractivity contribution in [2.75, 3.05) is 0 Å². The summed E-state index contributed by atoms with van der Waals surface area (Å²) in [7, 11) is 0. The molecule has 0 aromatic heterocycles. The van der Waals surface area contributed by atoms with Crippen LogP contribution in [0.5, 0.6) is 0 Å². The SMILES string of the molecule is CCC(C)C(C)(CC)C(C)C(C)=O. The maximum atomic E-state index is 11.4. The molecule has 0 saturated carbocycles. The van der Waals surface area contributed by atoms with E-state index in [9.17, 15) is 4.79 Å². The zero-order valence-corrected chi connectivity index (χ0v) is 9.98. The van der Waals surface area contributed by atoms with Gasteiger partial charge in [0.25, 0.3) is 0 Å². The van der Waals surface area contributed by atoms with Crippen LogP contribution >= 0.6 is 0 Å². The lowest BCUT2D eigenvalue weighted by Gasteiger charge is -2.39. The van der Waals surface area contributed by atoms with Crippen LogP contribution in [0, 0.1) is 17.3 Å². The molecule has 0 amide bonds. The average molecular weight is 184 g/mol. The van der Waals surface area contributed by atoms with Crippen molar-refractivity contribution >= 4 is 5.78 Å². The summed E-state index contributed by atoms with van der Waals surface area (Å²) in [6.45, 7) is 12.7. The van der Waals surface area contributed by atoms with Crippen molar-refractivity contribution in [3.05, 3.63) is 0 Å². The Bertz CT molecular complexity index is 174. The minimum absolute atomic E-state index is 0.181. The third-order valence-corrected chi connectivity index (χ3v) is 4.10. The Morgan fingerprint density at radius 3 is 2.00 bits per heavy atom. The van der Waals surface area contributed by atoms with Crippen LogP contribution in [0.15, 0.2) is 0 Å². The van der Waals surface area contributed by atoms with Crippen LogP contribution in [0.25, 0.3) is 0 Å². The molecule has 0 heterocycles. The molecule has 3 atom stereocenters. The van der Waals surface area contributed by atoms with Crippen molar-refractivity contribution in [3.8, 4) is 0 Å². The fourth-order valence-corrected chi connectivity index (χ4v) is 2.01. The molecule has 0 aliphatic heterocycles. The Morgan fingerprint density at radius 1 is 1.31 bits per heavy atom. The first-order valence-corrected chi connectivity index (χ1v) is 5.40. The van der Waals surface area contributed by atoms with Gasteiger partial charge in [0.1, 0.15) is 5.78 Å². The molecule has 0 fully saturated rings. The summed E-state index contributed by atoms with van der Waals surface area (Å²) >= 11 is 0. The summed E-state index contributed by atoms with van der Waals surface area (Å²) in [5, 5.41) is 0. The molecule has 0 aromatic rings. The molecule has 3 unspecified atom stereocenters. The number of carbonyl (C=O) groups excluding carboxylic acids is 1. The van der Waals surface area contributed by atoms with Crippen molar-refractivity contribution < 1.29 is 4.79 Å². The molecule has 78 valence electrons. The van der Waals surface area contributed by atoms with Gasteiger partial charge in [0, 0.05) is 5.92 Å². The Balaban J connectivity index is 4.71. The maximum absolute atomic E-state index is 11.4. The smallest absolute Gasteiger partial charge is 0.133 e. The quantitative estimate of drug-likeness (QED) is 0.637.